The van der Waals surface area contributed by atoms with E-state index in [4.69, 9.17) is 39.5 Å². The zero-order valence-corrected chi connectivity index (χ0v) is 20.8. The van der Waals surface area contributed by atoms with Crippen LogP contribution in [0.5, 0.6) is 5.75 Å². The lowest BCUT2D eigenvalue weighted by atomic mass is 9.90. The fourth-order valence-corrected chi connectivity index (χ4v) is 3.66. The molecule has 0 aromatic heterocycles. The van der Waals surface area contributed by atoms with Gasteiger partial charge in [0, 0.05) is 21.1 Å². The van der Waals surface area contributed by atoms with Gasteiger partial charge in [0.2, 0.25) is 0 Å². The van der Waals surface area contributed by atoms with E-state index in [-0.39, 0.29) is 11.9 Å². The van der Waals surface area contributed by atoms with Gasteiger partial charge >= 0.3 is 0 Å². The van der Waals surface area contributed by atoms with Gasteiger partial charge in [-0.3, -0.25) is 4.79 Å². The molecular formula is C24H32Cl3NO2. The molecule has 2 unspecified atom stereocenters. The number of hydrogen-bond donors (Lipinski definition) is 1. The maximum absolute atomic E-state index is 12.8. The summed E-state index contributed by atoms with van der Waals surface area (Å²) in [6.07, 6.45) is 1.80. The number of hydrogen-bond acceptors (Lipinski definition) is 2. The number of carbonyl (C=O) groups excluding carboxylic acids is 1. The molecule has 2 atom stereocenters. The second kappa shape index (κ2) is 12.4. The molecule has 166 valence electrons. The van der Waals surface area contributed by atoms with Gasteiger partial charge in [0.15, 0.2) is 5.60 Å². The van der Waals surface area contributed by atoms with Gasteiger partial charge in [0.25, 0.3) is 5.91 Å². The Balaban J connectivity index is 0.00000218. The van der Waals surface area contributed by atoms with Gasteiger partial charge in [-0.25, -0.2) is 0 Å². The van der Waals surface area contributed by atoms with Crippen molar-refractivity contribution in [2.45, 2.75) is 66.0 Å². The van der Waals surface area contributed by atoms with Crippen LogP contribution in [-0.4, -0.2) is 17.6 Å². The average Bonchev–Trinajstić information content (AvgIpc) is 2.67. The number of rotatable bonds is 8. The Bertz CT molecular complexity index is 786. The van der Waals surface area contributed by atoms with Gasteiger partial charge in [0.05, 0.1) is 0 Å². The molecule has 1 N–H and O–H groups in total. The van der Waals surface area contributed by atoms with E-state index < -0.39 is 5.60 Å². The number of amides is 1. The standard InChI is InChI=1S/C22H26Cl3NO2.C2H6/c1-5-16(10-15-6-8-17(23)9-7-15)14(2)26-21(27)22(3,4)28-20-12-18(24)11-19(25)13-20;1-2/h6-9,11-14,16H,5,10H2,1-4H3,(H,26,27);1-2H3. The third-order valence-electron chi connectivity index (χ3n) is 4.76. The first-order valence-electron chi connectivity index (χ1n) is 10.3. The van der Waals surface area contributed by atoms with E-state index in [1.807, 2.05) is 45.0 Å². The Morgan fingerprint density at radius 1 is 1.00 bits per heavy atom. The lowest BCUT2D eigenvalue weighted by Gasteiger charge is -2.30. The van der Waals surface area contributed by atoms with Crippen molar-refractivity contribution in [3.05, 3.63) is 63.1 Å². The summed E-state index contributed by atoms with van der Waals surface area (Å²) in [5, 5.41) is 4.74. The highest BCUT2D eigenvalue weighted by atomic mass is 35.5. The molecule has 0 aliphatic carbocycles. The first-order valence-corrected chi connectivity index (χ1v) is 11.4. The molecule has 1 amide bonds. The van der Waals surface area contributed by atoms with E-state index >= 15 is 0 Å². The molecule has 0 radical (unpaired) electrons. The summed E-state index contributed by atoms with van der Waals surface area (Å²) in [5.74, 6) is 0.561. The third kappa shape index (κ3) is 8.37. The predicted molar refractivity (Wildman–Crippen MR) is 129 cm³/mol. The van der Waals surface area contributed by atoms with E-state index in [1.165, 1.54) is 5.56 Å². The molecule has 0 saturated heterocycles. The number of nitrogens with one attached hydrogen (secondary N) is 1. The minimum absolute atomic E-state index is 0.0148. The number of benzene rings is 2. The summed E-state index contributed by atoms with van der Waals surface area (Å²) in [7, 11) is 0. The van der Waals surface area contributed by atoms with Crippen LogP contribution in [0.3, 0.4) is 0 Å². The summed E-state index contributed by atoms with van der Waals surface area (Å²) >= 11 is 18.0. The molecule has 0 aliphatic heterocycles. The van der Waals surface area contributed by atoms with Crippen LogP contribution in [-0.2, 0) is 11.2 Å². The fourth-order valence-electron chi connectivity index (χ4n) is 3.02. The van der Waals surface area contributed by atoms with Crippen molar-refractivity contribution < 1.29 is 9.53 Å². The molecule has 2 aromatic rings. The van der Waals surface area contributed by atoms with Crippen LogP contribution in [0.1, 0.15) is 53.5 Å². The van der Waals surface area contributed by atoms with E-state index in [0.29, 0.717) is 21.7 Å². The molecule has 2 aromatic carbocycles. The van der Waals surface area contributed by atoms with Crippen molar-refractivity contribution in [2.75, 3.05) is 0 Å². The van der Waals surface area contributed by atoms with Gasteiger partial charge < -0.3 is 10.1 Å². The zero-order valence-electron chi connectivity index (χ0n) is 18.6. The van der Waals surface area contributed by atoms with Crippen LogP contribution in [0.15, 0.2) is 42.5 Å². The summed E-state index contributed by atoms with van der Waals surface area (Å²) in [6.45, 7) is 11.6. The van der Waals surface area contributed by atoms with E-state index in [9.17, 15) is 4.79 Å². The van der Waals surface area contributed by atoms with Crippen LogP contribution in [0.25, 0.3) is 0 Å². The second-order valence-corrected chi connectivity index (χ2v) is 8.79. The van der Waals surface area contributed by atoms with E-state index in [2.05, 4.69) is 12.2 Å². The fraction of sp³-hybridized carbons (Fsp3) is 0.458. The lowest BCUT2D eigenvalue weighted by Crippen LogP contribution is -2.51. The highest BCUT2D eigenvalue weighted by Crippen LogP contribution is 2.27. The van der Waals surface area contributed by atoms with Crippen molar-refractivity contribution in [1.29, 1.82) is 0 Å². The molecule has 2 rings (SSSR count). The van der Waals surface area contributed by atoms with Gasteiger partial charge in [-0.2, -0.15) is 0 Å². The highest BCUT2D eigenvalue weighted by Gasteiger charge is 2.32. The average molecular weight is 473 g/mol. The van der Waals surface area contributed by atoms with Crippen molar-refractivity contribution in [2.24, 2.45) is 5.92 Å². The van der Waals surface area contributed by atoms with Crippen LogP contribution in [0.4, 0.5) is 0 Å². The minimum Gasteiger partial charge on any atom is -0.478 e. The van der Waals surface area contributed by atoms with E-state index in [1.54, 1.807) is 32.0 Å². The Labute approximate surface area is 196 Å². The molecule has 0 fully saturated rings. The van der Waals surface area contributed by atoms with Gasteiger partial charge in [-0.1, -0.05) is 74.1 Å². The predicted octanol–water partition coefficient (Wildman–Crippen LogP) is 7.60. The Morgan fingerprint density at radius 2 is 1.53 bits per heavy atom. The van der Waals surface area contributed by atoms with Crippen molar-refractivity contribution in [3.63, 3.8) is 0 Å². The van der Waals surface area contributed by atoms with Crippen LogP contribution in [0, 0.1) is 5.92 Å². The van der Waals surface area contributed by atoms with Crippen molar-refractivity contribution >= 4 is 40.7 Å². The number of halogens is 3. The first kappa shape index (κ1) is 26.6. The number of ether oxygens (including phenoxy) is 1. The first-order chi connectivity index (χ1) is 14.1. The Kier molecular flexibility index (Phi) is 11.0. The summed E-state index contributed by atoms with van der Waals surface area (Å²) in [5.41, 5.74) is 0.127. The SMILES string of the molecule is CC.CCC(Cc1ccc(Cl)cc1)C(C)NC(=O)C(C)(C)Oc1cc(Cl)cc(Cl)c1. The monoisotopic (exact) mass is 471 g/mol. The topological polar surface area (TPSA) is 38.3 Å². The largest absolute Gasteiger partial charge is 0.478 e. The van der Waals surface area contributed by atoms with Gasteiger partial charge in [0.1, 0.15) is 5.75 Å². The summed E-state index contributed by atoms with van der Waals surface area (Å²) < 4.78 is 5.88. The molecule has 0 saturated carbocycles. The third-order valence-corrected chi connectivity index (χ3v) is 5.45. The highest BCUT2D eigenvalue weighted by molar-refractivity contribution is 6.34. The van der Waals surface area contributed by atoms with Crippen molar-refractivity contribution in [3.8, 4) is 5.75 Å². The molecule has 30 heavy (non-hydrogen) atoms. The summed E-state index contributed by atoms with van der Waals surface area (Å²) in [4.78, 5) is 12.8. The quantitative estimate of drug-likeness (QED) is 0.429. The van der Waals surface area contributed by atoms with Crippen molar-refractivity contribution in [1.82, 2.24) is 5.32 Å². The van der Waals surface area contributed by atoms with Crippen LogP contribution < -0.4 is 10.1 Å². The van der Waals surface area contributed by atoms with Gasteiger partial charge in [-0.15, -0.1) is 0 Å². The maximum Gasteiger partial charge on any atom is 0.263 e. The lowest BCUT2D eigenvalue weighted by molar-refractivity contribution is -0.135. The normalized spacial score (nSPS) is 13.0. The molecule has 0 spiro atoms. The minimum atomic E-state index is -1.07. The van der Waals surface area contributed by atoms with Gasteiger partial charge in [-0.05, 0) is 69.0 Å². The molecule has 0 aliphatic rings. The number of carbonyl (C=O) groups is 1. The molecule has 0 heterocycles. The molecular weight excluding hydrogens is 441 g/mol. The molecule has 6 heteroatoms. The van der Waals surface area contributed by atoms with E-state index in [0.717, 1.165) is 17.9 Å². The molecule has 0 bridgehead atoms. The zero-order chi connectivity index (χ0) is 22.9. The smallest absolute Gasteiger partial charge is 0.263 e. The molecule has 3 nitrogen and oxygen atoms in total. The Morgan fingerprint density at radius 3 is 2.03 bits per heavy atom. The van der Waals surface area contributed by atoms with Crippen LogP contribution >= 0.6 is 34.8 Å². The summed E-state index contributed by atoms with van der Waals surface area (Å²) in [6, 6.07) is 12.7. The second-order valence-electron chi connectivity index (χ2n) is 7.48. The van der Waals surface area contributed by atoms with Crippen LogP contribution in [0.2, 0.25) is 15.1 Å². The maximum atomic E-state index is 12.8. The Hall–Kier alpha value is -1.42.